The zero-order chi connectivity index (χ0) is 17.6. The summed E-state index contributed by atoms with van der Waals surface area (Å²) in [6, 6.07) is 3.79. The summed E-state index contributed by atoms with van der Waals surface area (Å²) in [5.74, 6) is 0. The molecule has 2 fully saturated rings. The average Bonchev–Trinajstić information content (AvgIpc) is 2.44. The van der Waals surface area contributed by atoms with Gasteiger partial charge in [-0.1, -0.05) is 6.07 Å². The molecule has 1 aliphatic carbocycles. The maximum atomic E-state index is 12.1. The van der Waals surface area contributed by atoms with Crippen LogP contribution in [0.4, 0.5) is 4.79 Å². The van der Waals surface area contributed by atoms with Crippen molar-refractivity contribution < 1.29 is 14.6 Å². The highest BCUT2D eigenvalue weighted by atomic mass is 79.9. The van der Waals surface area contributed by atoms with Crippen molar-refractivity contribution in [1.29, 1.82) is 0 Å². The Morgan fingerprint density at radius 3 is 2.46 bits per heavy atom. The SMILES string of the molecule is CC(C)(C)OC(=O)N1CC2(CCC(O)(c3cccnc3Br)CC2)C1. The predicted octanol–water partition coefficient (Wildman–Crippen LogP) is 3.84. The van der Waals surface area contributed by atoms with Gasteiger partial charge in [-0.15, -0.1) is 0 Å². The Morgan fingerprint density at radius 2 is 1.92 bits per heavy atom. The van der Waals surface area contributed by atoms with E-state index >= 15 is 0 Å². The van der Waals surface area contributed by atoms with Gasteiger partial charge in [0.05, 0.1) is 5.60 Å². The second-order valence-electron chi connectivity index (χ2n) is 8.21. The summed E-state index contributed by atoms with van der Waals surface area (Å²) in [4.78, 5) is 18.1. The number of carbonyl (C=O) groups excluding carboxylic acids is 1. The molecule has 24 heavy (non-hydrogen) atoms. The zero-order valence-corrected chi connectivity index (χ0v) is 16.1. The van der Waals surface area contributed by atoms with Crippen LogP contribution in [0.2, 0.25) is 0 Å². The summed E-state index contributed by atoms with van der Waals surface area (Å²) in [7, 11) is 0. The van der Waals surface area contributed by atoms with E-state index in [4.69, 9.17) is 4.74 Å². The Hall–Kier alpha value is -1.14. The Labute approximate surface area is 151 Å². The van der Waals surface area contributed by atoms with Gasteiger partial charge in [0.15, 0.2) is 0 Å². The standard InChI is InChI=1S/C18H25BrN2O3/c1-16(2,3)24-15(22)21-11-17(12-21)6-8-18(23,9-7-17)13-5-4-10-20-14(13)19/h4-5,10,23H,6-9,11-12H2,1-3H3. The highest BCUT2D eigenvalue weighted by Gasteiger charge is 2.51. The average molecular weight is 397 g/mol. The topological polar surface area (TPSA) is 62.7 Å². The first-order valence-electron chi connectivity index (χ1n) is 8.44. The molecule has 0 aromatic carbocycles. The molecule has 3 rings (SSSR count). The summed E-state index contributed by atoms with van der Waals surface area (Å²) in [5, 5.41) is 11.0. The molecule has 1 aromatic rings. The minimum atomic E-state index is -0.829. The molecule has 1 saturated carbocycles. The smallest absolute Gasteiger partial charge is 0.410 e. The van der Waals surface area contributed by atoms with Crippen LogP contribution >= 0.6 is 15.9 Å². The van der Waals surface area contributed by atoms with E-state index in [0.29, 0.717) is 17.4 Å². The predicted molar refractivity (Wildman–Crippen MR) is 94.5 cm³/mol. The highest BCUT2D eigenvalue weighted by Crippen LogP contribution is 2.51. The number of ether oxygens (including phenoxy) is 1. The Balaban J connectivity index is 1.59. The van der Waals surface area contributed by atoms with E-state index in [1.807, 2.05) is 32.9 Å². The van der Waals surface area contributed by atoms with Crippen LogP contribution < -0.4 is 0 Å². The van der Waals surface area contributed by atoms with Crippen molar-refractivity contribution in [2.24, 2.45) is 5.41 Å². The maximum absolute atomic E-state index is 12.1. The van der Waals surface area contributed by atoms with Crippen molar-refractivity contribution >= 4 is 22.0 Å². The molecule has 1 aromatic heterocycles. The minimum absolute atomic E-state index is 0.137. The second kappa shape index (κ2) is 5.99. The number of rotatable bonds is 1. The van der Waals surface area contributed by atoms with Crippen molar-refractivity contribution in [1.82, 2.24) is 9.88 Å². The highest BCUT2D eigenvalue weighted by molar-refractivity contribution is 9.10. The molecule has 132 valence electrons. The van der Waals surface area contributed by atoms with Gasteiger partial charge in [-0.2, -0.15) is 0 Å². The fourth-order valence-electron chi connectivity index (χ4n) is 3.73. The lowest BCUT2D eigenvalue weighted by atomic mass is 9.63. The second-order valence-corrected chi connectivity index (χ2v) is 8.96. The summed E-state index contributed by atoms with van der Waals surface area (Å²) < 4.78 is 6.14. The molecule has 1 aliphatic heterocycles. The van der Waals surface area contributed by atoms with Gasteiger partial charge < -0.3 is 14.7 Å². The van der Waals surface area contributed by atoms with E-state index in [1.54, 1.807) is 11.1 Å². The maximum Gasteiger partial charge on any atom is 0.410 e. The fraction of sp³-hybridized carbons (Fsp3) is 0.667. The fourth-order valence-corrected chi connectivity index (χ4v) is 4.35. The van der Waals surface area contributed by atoms with E-state index in [1.165, 1.54) is 0 Å². The number of pyridine rings is 1. The van der Waals surface area contributed by atoms with Crippen LogP contribution in [0, 0.1) is 5.41 Å². The lowest BCUT2D eigenvalue weighted by molar-refractivity contribution is -0.0967. The lowest BCUT2D eigenvalue weighted by Gasteiger charge is -2.54. The first-order valence-corrected chi connectivity index (χ1v) is 9.23. The number of hydrogen-bond donors (Lipinski definition) is 1. The molecule has 1 spiro atoms. The lowest BCUT2D eigenvalue weighted by Crippen LogP contribution is -2.61. The molecule has 5 nitrogen and oxygen atoms in total. The number of amides is 1. The largest absolute Gasteiger partial charge is 0.444 e. The molecule has 2 heterocycles. The minimum Gasteiger partial charge on any atom is -0.444 e. The molecule has 0 bridgehead atoms. The number of nitrogens with zero attached hydrogens (tertiary/aromatic N) is 2. The molecule has 6 heteroatoms. The van der Waals surface area contributed by atoms with Crippen molar-refractivity contribution in [3.05, 3.63) is 28.5 Å². The molecule has 0 atom stereocenters. The Morgan fingerprint density at radius 1 is 1.29 bits per heavy atom. The van der Waals surface area contributed by atoms with Gasteiger partial charge in [-0.05, 0) is 68.5 Å². The number of halogens is 1. The van der Waals surface area contributed by atoms with Crippen molar-refractivity contribution in [3.8, 4) is 0 Å². The number of carbonyl (C=O) groups is 1. The molecule has 2 aliphatic rings. The van der Waals surface area contributed by atoms with Gasteiger partial charge in [0.25, 0.3) is 0 Å². The first kappa shape index (κ1) is 17.7. The van der Waals surface area contributed by atoms with Crippen LogP contribution in [0.1, 0.15) is 52.0 Å². The quantitative estimate of drug-likeness (QED) is 0.732. The number of likely N-dealkylation sites (tertiary alicyclic amines) is 1. The van der Waals surface area contributed by atoms with Crippen molar-refractivity contribution in [2.45, 2.75) is 57.7 Å². The third-order valence-electron chi connectivity index (χ3n) is 5.10. The number of aromatic nitrogens is 1. The van der Waals surface area contributed by atoms with Gasteiger partial charge in [0.2, 0.25) is 0 Å². The van der Waals surface area contributed by atoms with Crippen LogP contribution in [-0.4, -0.2) is 39.8 Å². The van der Waals surface area contributed by atoms with Gasteiger partial charge in [0, 0.05) is 30.3 Å². The van der Waals surface area contributed by atoms with E-state index in [2.05, 4.69) is 20.9 Å². The summed E-state index contributed by atoms with van der Waals surface area (Å²) >= 11 is 3.44. The van der Waals surface area contributed by atoms with E-state index in [-0.39, 0.29) is 11.5 Å². The van der Waals surface area contributed by atoms with Gasteiger partial charge in [0.1, 0.15) is 10.2 Å². The van der Waals surface area contributed by atoms with E-state index < -0.39 is 11.2 Å². The Kier molecular flexibility index (Phi) is 4.41. The first-order chi connectivity index (χ1) is 11.1. The zero-order valence-electron chi connectivity index (χ0n) is 14.5. The molecule has 0 radical (unpaired) electrons. The molecule has 1 amide bonds. The third kappa shape index (κ3) is 3.45. The van der Waals surface area contributed by atoms with Gasteiger partial charge in [-0.3, -0.25) is 0 Å². The van der Waals surface area contributed by atoms with E-state index in [0.717, 1.165) is 31.5 Å². The van der Waals surface area contributed by atoms with Gasteiger partial charge >= 0.3 is 6.09 Å². The molecular weight excluding hydrogens is 372 g/mol. The molecular formula is C18H25BrN2O3. The number of aliphatic hydroxyl groups is 1. The normalized spacial score (nSPS) is 22.1. The summed E-state index contributed by atoms with van der Waals surface area (Å²) in [6.07, 6.45) is 4.68. The van der Waals surface area contributed by atoms with Crippen LogP contribution in [0.15, 0.2) is 22.9 Å². The monoisotopic (exact) mass is 396 g/mol. The van der Waals surface area contributed by atoms with Crippen molar-refractivity contribution in [2.75, 3.05) is 13.1 Å². The summed E-state index contributed by atoms with van der Waals surface area (Å²) in [6.45, 7) is 7.10. The molecule has 1 N–H and O–H groups in total. The number of hydrogen-bond acceptors (Lipinski definition) is 4. The van der Waals surface area contributed by atoms with Crippen LogP contribution in [0.3, 0.4) is 0 Å². The van der Waals surface area contributed by atoms with E-state index in [9.17, 15) is 9.90 Å². The van der Waals surface area contributed by atoms with Gasteiger partial charge in [-0.25, -0.2) is 9.78 Å². The third-order valence-corrected chi connectivity index (χ3v) is 5.73. The molecule has 1 saturated heterocycles. The van der Waals surface area contributed by atoms with Crippen LogP contribution in [0.5, 0.6) is 0 Å². The van der Waals surface area contributed by atoms with Crippen LogP contribution in [0.25, 0.3) is 0 Å². The summed E-state index contributed by atoms with van der Waals surface area (Å²) in [5.41, 5.74) is -0.287. The van der Waals surface area contributed by atoms with Crippen LogP contribution in [-0.2, 0) is 10.3 Å². The Bertz CT molecular complexity index is 625. The van der Waals surface area contributed by atoms with Crippen molar-refractivity contribution in [3.63, 3.8) is 0 Å². The molecule has 0 unspecified atom stereocenters.